The molecule has 2 aromatic carbocycles. The van der Waals surface area contributed by atoms with Gasteiger partial charge >= 0.3 is 5.97 Å². The first-order chi connectivity index (χ1) is 12.1. The van der Waals surface area contributed by atoms with Crippen molar-refractivity contribution in [2.75, 3.05) is 13.2 Å². The topological polar surface area (TPSA) is 75.6 Å². The summed E-state index contributed by atoms with van der Waals surface area (Å²) >= 11 is 0. The first-order valence-corrected chi connectivity index (χ1v) is 8.32. The third-order valence-corrected chi connectivity index (χ3v) is 3.87. The highest BCUT2D eigenvalue weighted by atomic mass is 16.5. The number of carbonyl (C=O) groups is 2. The average molecular weight is 341 g/mol. The Kier molecular flexibility index (Phi) is 7.16. The van der Waals surface area contributed by atoms with Crippen LogP contribution in [0.4, 0.5) is 0 Å². The molecule has 0 aliphatic rings. The van der Waals surface area contributed by atoms with Crippen LogP contribution >= 0.6 is 0 Å². The maximum absolute atomic E-state index is 12.5. The van der Waals surface area contributed by atoms with E-state index >= 15 is 0 Å². The summed E-state index contributed by atoms with van der Waals surface area (Å²) in [5, 5.41) is 12.1. The first-order valence-electron chi connectivity index (χ1n) is 8.32. The number of aliphatic carboxylic acids is 1. The van der Waals surface area contributed by atoms with Crippen molar-refractivity contribution in [3.8, 4) is 0 Å². The van der Waals surface area contributed by atoms with Crippen LogP contribution in [0.15, 0.2) is 60.7 Å². The van der Waals surface area contributed by atoms with Crippen LogP contribution in [0.2, 0.25) is 0 Å². The number of ether oxygens (including phenoxy) is 1. The number of amides is 1. The van der Waals surface area contributed by atoms with Gasteiger partial charge < -0.3 is 15.2 Å². The molecule has 5 heteroatoms. The van der Waals surface area contributed by atoms with Crippen LogP contribution in [0.1, 0.15) is 24.2 Å². The number of hydrogen-bond donors (Lipinski definition) is 2. The van der Waals surface area contributed by atoms with Crippen molar-refractivity contribution in [1.82, 2.24) is 5.32 Å². The number of rotatable bonds is 9. The zero-order valence-electron chi connectivity index (χ0n) is 14.2. The summed E-state index contributed by atoms with van der Waals surface area (Å²) in [6.07, 6.45) is -0.376. The molecule has 2 N–H and O–H groups in total. The first kappa shape index (κ1) is 18.7. The summed E-state index contributed by atoms with van der Waals surface area (Å²) in [5.74, 6) is -1.95. The molecule has 0 saturated heterocycles. The Morgan fingerprint density at radius 1 is 1.04 bits per heavy atom. The lowest BCUT2D eigenvalue weighted by Crippen LogP contribution is -2.37. The average Bonchev–Trinajstić information content (AvgIpc) is 2.64. The summed E-state index contributed by atoms with van der Waals surface area (Å²) in [7, 11) is 0. The molecule has 5 nitrogen and oxygen atoms in total. The Bertz CT molecular complexity index is 673. The molecule has 2 unspecified atom stereocenters. The van der Waals surface area contributed by atoms with Crippen molar-refractivity contribution < 1.29 is 19.4 Å². The van der Waals surface area contributed by atoms with Gasteiger partial charge in [0.15, 0.2) is 6.10 Å². The van der Waals surface area contributed by atoms with Crippen molar-refractivity contribution >= 4 is 11.9 Å². The highest BCUT2D eigenvalue weighted by molar-refractivity contribution is 5.83. The zero-order chi connectivity index (χ0) is 18.1. The van der Waals surface area contributed by atoms with E-state index in [4.69, 9.17) is 4.74 Å². The molecule has 0 fully saturated rings. The molecule has 25 heavy (non-hydrogen) atoms. The van der Waals surface area contributed by atoms with E-state index in [2.05, 4.69) is 5.32 Å². The van der Waals surface area contributed by atoms with E-state index in [9.17, 15) is 14.7 Å². The highest BCUT2D eigenvalue weighted by Crippen LogP contribution is 2.17. The molecule has 2 rings (SSSR count). The molecule has 0 aromatic heterocycles. The second-order valence-electron chi connectivity index (χ2n) is 5.72. The maximum atomic E-state index is 12.5. The number of hydrogen-bond acceptors (Lipinski definition) is 3. The lowest BCUT2D eigenvalue weighted by molar-refractivity contribution is -0.142. The van der Waals surface area contributed by atoms with Gasteiger partial charge in [0.2, 0.25) is 0 Å². The molecular formula is C20H23NO4. The normalized spacial score (nSPS) is 13.0. The molecule has 2 atom stereocenters. The highest BCUT2D eigenvalue weighted by Gasteiger charge is 2.24. The Balaban J connectivity index is 2.00. The Morgan fingerprint density at radius 3 is 2.20 bits per heavy atom. The van der Waals surface area contributed by atoms with Crippen LogP contribution in [0.25, 0.3) is 0 Å². The number of nitrogens with one attached hydrogen (secondary N) is 1. The fourth-order valence-corrected chi connectivity index (χ4v) is 2.58. The van der Waals surface area contributed by atoms with Crippen molar-refractivity contribution in [3.05, 3.63) is 71.8 Å². The van der Waals surface area contributed by atoms with Crippen molar-refractivity contribution in [3.63, 3.8) is 0 Å². The lowest BCUT2D eigenvalue weighted by atomic mass is 9.99. The third-order valence-electron chi connectivity index (χ3n) is 3.87. The minimum absolute atomic E-state index is 0.0550. The van der Waals surface area contributed by atoms with E-state index < -0.39 is 18.0 Å². The summed E-state index contributed by atoms with van der Waals surface area (Å²) in [6, 6.07) is 18.6. The van der Waals surface area contributed by atoms with Gasteiger partial charge in [-0.3, -0.25) is 9.59 Å². The smallest absolute Gasteiger partial charge is 0.308 e. The molecule has 0 radical (unpaired) electrons. The molecule has 0 bridgehead atoms. The third kappa shape index (κ3) is 5.72. The Labute approximate surface area is 147 Å². The summed E-state index contributed by atoms with van der Waals surface area (Å²) in [5.41, 5.74) is 1.67. The number of carbonyl (C=O) groups excluding carboxylic acids is 1. The van der Waals surface area contributed by atoms with Gasteiger partial charge in [-0.1, -0.05) is 60.7 Å². The van der Waals surface area contributed by atoms with Crippen molar-refractivity contribution in [2.24, 2.45) is 5.92 Å². The van der Waals surface area contributed by atoms with Crippen molar-refractivity contribution in [1.29, 1.82) is 0 Å². The van der Waals surface area contributed by atoms with E-state index in [1.807, 2.05) is 67.6 Å². The van der Waals surface area contributed by atoms with Crippen LogP contribution in [-0.2, 0) is 20.7 Å². The standard InChI is InChI=1S/C20H23NO4/c1-2-25-18(16-11-7-4-8-12-16)19(22)21-14-17(20(23)24)13-15-9-5-3-6-10-15/h3-12,17-18H,2,13-14H2,1H3,(H,21,22)(H,23,24). The SMILES string of the molecule is CCOC(C(=O)NCC(Cc1ccccc1)C(=O)O)c1ccccc1. The minimum Gasteiger partial charge on any atom is -0.481 e. The molecular weight excluding hydrogens is 318 g/mol. The summed E-state index contributed by atoms with van der Waals surface area (Å²) < 4.78 is 5.54. The van der Waals surface area contributed by atoms with Gasteiger partial charge in [0.1, 0.15) is 0 Å². The molecule has 0 heterocycles. The van der Waals surface area contributed by atoms with E-state index in [1.165, 1.54) is 0 Å². The molecule has 132 valence electrons. The Morgan fingerprint density at radius 2 is 1.64 bits per heavy atom. The van der Waals surface area contributed by atoms with E-state index in [0.717, 1.165) is 11.1 Å². The van der Waals surface area contributed by atoms with Gasteiger partial charge in [-0.15, -0.1) is 0 Å². The van der Waals surface area contributed by atoms with E-state index in [-0.39, 0.29) is 12.5 Å². The van der Waals surface area contributed by atoms with Gasteiger partial charge in [0, 0.05) is 13.2 Å². The van der Waals surface area contributed by atoms with Crippen LogP contribution in [-0.4, -0.2) is 30.1 Å². The van der Waals surface area contributed by atoms with Gasteiger partial charge in [-0.25, -0.2) is 0 Å². The van der Waals surface area contributed by atoms with Crippen molar-refractivity contribution in [2.45, 2.75) is 19.4 Å². The predicted molar refractivity (Wildman–Crippen MR) is 95.1 cm³/mol. The monoisotopic (exact) mass is 341 g/mol. The van der Waals surface area contributed by atoms with Gasteiger partial charge in [-0.05, 0) is 24.5 Å². The molecule has 2 aromatic rings. The quantitative estimate of drug-likeness (QED) is 0.735. The van der Waals surface area contributed by atoms with Crippen LogP contribution in [0.5, 0.6) is 0 Å². The summed E-state index contributed by atoms with van der Waals surface area (Å²) in [6.45, 7) is 2.26. The summed E-state index contributed by atoms with van der Waals surface area (Å²) in [4.78, 5) is 24.0. The second kappa shape index (κ2) is 9.59. The molecule has 1 amide bonds. The second-order valence-corrected chi connectivity index (χ2v) is 5.72. The fourth-order valence-electron chi connectivity index (χ4n) is 2.58. The van der Waals surface area contributed by atoms with Crippen LogP contribution in [0, 0.1) is 5.92 Å². The minimum atomic E-state index is -0.933. The number of carboxylic acids is 1. The van der Waals surface area contributed by atoms with Crippen LogP contribution < -0.4 is 5.32 Å². The molecule has 0 saturated carbocycles. The van der Waals surface area contributed by atoms with E-state index in [1.54, 1.807) is 0 Å². The van der Waals surface area contributed by atoms with Gasteiger partial charge in [0.05, 0.1) is 5.92 Å². The lowest BCUT2D eigenvalue weighted by Gasteiger charge is -2.19. The fraction of sp³-hybridized carbons (Fsp3) is 0.300. The maximum Gasteiger partial charge on any atom is 0.308 e. The van der Waals surface area contributed by atoms with Crippen LogP contribution in [0.3, 0.4) is 0 Å². The molecule has 0 spiro atoms. The molecule has 0 aliphatic carbocycles. The van der Waals surface area contributed by atoms with Gasteiger partial charge in [-0.2, -0.15) is 0 Å². The largest absolute Gasteiger partial charge is 0.481 e. The number of carboxylic acid groups (broad SMARTS) is 1. The number of benzene rings is 2. The van der Waals surface area contributed by atoms with E-state index in [0.29, 0.717) is 13.0 Å². The zero-order valence-corrected chi connectivity index (χ0v) is 14.2. The molecule has 0 aliphatic heterocycles. The Hall–Kier alpha value is -2.66. The predicted octanol–water partition coefficient (Wildman–Crippen LogP) is 2.82. The van der Waals surface area contributed by atoms with Gasteiger partial charge in [0.25, 0.3) is 5.91 Å².